The lowest BCUT2D eigenvalue weighted by molar-refractivity contribution is -0.118. The molecule has 9 heteroatoms. The third kappa shape index (κ3) is 5.43. The average Bonchev–Trinajstić information content (AvgIpc) is 3.36. The fourth-order valence-electron chi connectivity index (χ4n) is 3.27. The summed E-state index contributed by atoms with van der Waals surface area (Å²) in [4.78, 5) is 16.5. The first-order valence-corrected chi connectivity index (χ1v) is 11.7. The summed E-state index contributed by atoms with van der Waals surface area (Å²) in [5, 5.41) is 2.70. The summed E-state index contributed by atoms with van der Waals surface area (Å²) in [5.41, 5.74) is 0.498. The van der Waals surface area contributed by atoms with Crippen molar-refractivity contribution >= 4 is 21.6 Å². The van der Waals surface area contributed by atoms with Gasteiger partial charge in [0.05, 0.1) is 4.90 Å². The molecule has 0 saturated carbocycles. The first kappa shape index (κ1) is 21.8. The van der Waals surface area contributed by atoms with Crippen molar-refractivity contribution in [1.29, 1.82) is 0 Å². The lowest BCUT2D eigenvalue weighted by Crippen LogP contribution is -2.27. The van der Waals surface area contributed by atoms with Crippen LogP contribution in [0.3, 0.4) is 0 Å². The van der Waals surface area contributed by atoms with Crippen LogP contribution in [0.4, 0.5) is 5.69 Å². The van der Waals surface area contributed by atoms with Crippen molar-refractivity contribution in [2.45, 2.75) is 17.7 Å². The molecule has 1 N–H and O–H groups in total. The Labute approximate surface area is 186 Å². The van der Waals surface area contributed by atoms with Gasteiger partial charge in [0, 0.05) is 31.0 Å². The summed E-state index contributed by atoms with van der Waals surface area (Å²) < 4.78 is 37.7. The van der Waals surface area contributed by atoms with E-state index in [0.717, 1.165) is 12.8 Å². The Balaban J connectivity index is 1.27. The maximum Gasteiger partial charge on any atom is 0.262 e. The van der Waals surface area contributed by atoms with Crippen LogP contribution in [0.15, 0.2) is 77.8 Å². The molecule has 0 unspecified atom stereocenters. The maximum absolute atomic E-state index is 12.6. The Morgan fingerprint density at radius 3 is 2.28 bits per heavy atom. The van der Waals surface area contributed by atoms with Crippen LogP contribution >= 0.6 is 0 Å². The van der Waals surface area contributed by atoms with Crippen molar-refractivity contribution in [2.75, 3.05) is 25.0 Å². The second-order valence-electron chi connectivity index (χ2n) is 7.21. The molecule has 1 fully saturated rings. The molecule has 2 aromatic carbocycles. The molecule has 3 aromatic rings. The number of carbonyl (C=O) groups is 1. The van der Waals surface area contributed by atoms with Crippen LogP contribution in [0, 0.1) is 0 Å². The fourth-order valence-corrected chi connectivity index (χ4v) is 4.78. The van der Waals surface area contributed by atoms with Crippen molar-refractivity contribution in [2.24, 2.45) is 0 Å². The van der Waals surface area contributed by atoms with Gasteiger partial charge in [0.2, 0.25) is 15.9 Å². The molecule has 0 spiro atoms. The summed E-state index contributed by atoms with van der Waals surface area (Å²) in [7, 11) is -3.47. The maximum atomic E-state index is 12.6. The minimum Gasteiger partial charge on any atom is -0.484 e. The highest BCUT2D eigenvalue weighted by Crippen LogP contribution is 2.23. The topological polar surface area (TPSA) is 97.8 Å². The third-order valence-electron chi connectivity index (χ3n) is 4.89. The number of pyridine rings is 1. The largest absolute Gasteiger partial charge is 0.484 e. The number of anilines is 1. The second kappa shape index (κ2) is 9.80. The van der Waals surface area contributed by atoms with Crippen molar-refractivity contribution in [1.82, 2.24) is 9.29 Å². The van der Waals surface area contributed by atoms with E-state index in [0.29, 0.717) is 36.2 Å². The van der Waals surface area contributed by atoms with E-state index in [9.17, 15) is 13.2 Å². The summed E-state index contributed by atoms with van der Waals surface area (Å²) in [6.45, 7) is 0.914. The lowest BCUT2D eigenvalue weighted by Gasteiger charge is -2.15. The van der Waals surface area contributed by atoms with Gasteiger partial charge in [-0.3, -0.25) is 4.79 Å². The number of sulfonamides is 1. The molecule has 166 valence electrons. The normalized spacial score (nSPS) is 14.1. The highest BCUT2D eigenvalue weighted by Gasteiger charge is 2.26. The molecule has 0 aliphatic carbocycles. The fraction of sp³-hybridized carbons (Fsp3) is 0.217. The standard InChI is InChI=1S/C23H23N3O5S/c27-22(17-30-19-8-10-20(11-9-19)31-23-5-1-2-14-24-23)25-18-6-12-21(13-7-18)32(28,29)26-15-3-4-16-26/h1-2,5-14H,3-4,15-17H2,(H,25,27). The molecule has 4 rings (SSSR count). The number of benzene rings is 2. The van der Waals surface area contributed by atoms with Gasteiger partial charge in [0.15, 0.2) is 6.61 Å². The Bertz CT molecular complexity index is 1140. The average molecular weight is 454 g/mol. The van der Waals surface area contributed by atoms with Crippen molar-refractivity contribution < 1.29 is 22.7 Å². The molecule has 8 nitrogen and oxygen atoms in total. The first-order chi connectivity index (χ1) is 15.5. The van der Waals surface area contributed by atoms with E-state index >= 15 is 0 Å². The highest BCUT2D eigenvalue weighted by molar-refractivity contribution is 7.89. The molecule has 1 aliphatic heterocycles. The van der Waals surface area contributed by atoms with Gasteiger partial charge in [-0.15, -0.1) is 0 Å². The van der Waals surface area contributed by atoms with Crippen LogP contribution in [0.2, 0.25) is 0 Å². The molecule has 0 radical (unpaired) electrons. The van der Waals surface area contributed by atoms with E-state index in [4.69, 9.17) is 9.47 Å². The van der Waals surface area contributed by atoms with Crippen LogP contribution < -0.4 is 14.8 Å². The zero-order valence-corrected chi connectivity index (χ0v) is 18.1. The number of ether oxygens (including phenoxy) is 2. The summed E-state index contributed by atoms with van der Waals surface area (Å²) in [5.74, 6) is 1.25. The van der Waals surface area contributed by atoms with E-state index in [-0.39, 0.29) is 17.4 Å². The lowest BCUT2D eigenvalue weighted by atomic mass is 10.3. The van der Waals surface area contributed by atoms with Gasteiger partial charge in [-0.05, 0) is 67.4 Å². The molecule has 1 aliphatic rings. The third-order valence-corrected chi connectivity index (χ3v) is 6.81. The molecule has 0 bridgehead atoms. The zero-order valence-electron chi connectivity index (χ0n) is 17.3. The van der Waals surface area contributed by atoms with Crippen LogP contribution in [0.25, 0.3) is 0 Å². The molecule has 32 heavy (non-hydrogen) atoms. The molecule has 1 saturated heterocycles. The Morgan fingerprint density at radius 2 is 1.62 bits per heavy atom. The number of aromatic nitrogens is 1. The molecule has 2 heterocycles. The first-order valence-electron chi connectivity index (χ1n) is 10.2. The van der Waals surface area contributed by atoms with Crippen LogP contribution in [0.5, 0.6) is 17.4 Å². The number of rotatable bonds is 8. The summed E-state index contributed by atoms with van der Waals surface area (Å²) in [6, 6.07) is 18.4. The number of carbonyl (C=O) groups excluding carboxylic acids is 1. The van der Waals surface area contributed by atoms with Crippen molar-refractivity contribution in [3.8, 4) is 17.4 Å². The minimum atomic E-state index is -3.47. The monoisotopic (exact) mass is 453 g/mol. The molecule has 1 amide bonds. The van der Waals surface area contributed by atoms with Gasteiger partial charge >= 0.3 is 0 Å². The van der Waals surface area contributed by atoms with Gasteiger partial charge in [-0.2, -0.15) is 4.31 Å². The Kier molecular flexibility index (Phi) is 6.67. The number of hydrogen-bond donors (Lipinski definition) is 1. The van der Waals surface area contributed by atoms with Gasteiger partial charge in [-0.25, -0.2) is 13.4 Å². The SMILES string of the molecule is O=C(COc1ccc(Oc2ccccn2)cc1)Nc1ccc(S(=O)(=O)N2CCCC2)cc1. The predicted octanol–water partition coefficient (Wildman–Crippen LogP) is 3.68. The smallest absolute Gasteiger partial charge is 0.262 e. The summed E-state index contributed by atoms with van der Waals surface area (Å²) in [6.07, 6.45) is 3.41. The van der Waals surface area contributed by atoms with Gasteiger partial charge in [0.1, 0.15) is 11.5 Å². The zero-order chi connectivity index (χ0) is 22.4. The quantitative estimate of drug-likeness (QED) is 0.559. The van der Waals surface area contributed by atoms with E-state index in [1.54, 1.807) is 54.7 Å². The van der Waals surface area contributed by atoms with Crippen LogP contribution in [0.1, 0.15) is 12.8 Å². The molecular weight excluding hydrogens is 430 g/mol. The van der Waals surface area contributed by atoms with Crippen LogP contribution in [-0.2, 0) is 14.8 Å². The summed E-state index contributed by atoms with van der Waals surface area (Å²) >= 11 is 0. The highest BCUT2D eigenvalue weighted by atomic mass is 32.2. The Morgan fingerprint density at radius 1 is 0.938 bits per heavy atom. The van der Waals surface area contributed by atoms with Crippen molar-refractivity contribution in [3.05, 3.63) is 72.9 Å². The number of nitrogens with one attached hydrogen (secondary N) is 1. The van der Waals surface area contributed by atoms with E-state index in [2.05, 4.69) is 10.3 Å². The molecular formula is C23H23N3O5S. The van der Waals surface area contributed by atoms with Gasteiger partial charge in [-0.1, -0.05) is 6.07 Å². The van der Waals surface area contributed by atoms with Gasteiger partial charge < -0.3 is 14.8 Å². The molecule has 0 atom stereocenters. The van der Waals surface area contributed by atoms with Crippen LogP contribution in [-0.4, -0.2) is 43.3 Å². The van der Waals surface area contributed by atoms with E-state index < -0.39 is 10.0 Å². The number of amides is 1. The number of nitrogens with zero attached hydrogens (tertiary/aromatic N) is 2. The van der Waals surface area contributed by atoms with E-state index in [1.165, 1.54) is 16.4 Å². The van der Waals surface area contributed by atoms with E-state index in [1.807, 2.05) is 6.07 Å². The van der Waals surface area contributed by atoms with Gasteiger partial charge in [0.25, 0.3) is 5.91 Å². The minimum absolute atomic E-state index is 0.186. The second-order valence-corrected chi connectivity index (χ2v) is 9.15. The van der Waals surface area contributed by atoms with Crippen molar-refractivity contribution in [3.63, 3.8) is 0 Å². The predicted molar refractivity (Wildman–Crippen MR) is 119 cm³/mol. The molecule has 1 aromatic heterocycles. The Hall–Kier alpha value is -3.43. The number of hydrogen-bond acceptors (Lipinski definition) is 6.